The Morgan fingerprint density at radius 2 is 1.65 bits per heavy atom. The number of nitriles is 1. The Kier molecular flexibility index (Phi) is 4.08. The van der Waals surface area contributed by atoms with Crippen LogP contribution >= 0.6 is 15.9 Å². The first-order valence-electron chi connectivity index (χ1n) is 5.00. The summed E-state index contributed by atoms with van der Waals surface area (Å²) in [6.07, 6.45) is 0. The molecule has 0 bridgehead atoms. The van der Waals surface area contributed by atoms with E-state index in [-0.39, 0.29) is 0 Å². The van der Waals surface area contributed by atoms with Crippen LogP contribution in [0.15, 0.2) is 57.9 Å². The predicted molar refractivity (Wildman–Crippen MR) is 75.9 cm³/mol. The normalized spacial score (nSPS) is 9.65. The lowest BCUT2D eigenvalue weighted by Gasteiger charge is -1.98. The van der Waals surface area contributed by atoms with E-state index in [1.54, 1.807) is 12.1 Å². The van der Waals surface area contributed by atoms with Crippen LogP contribution in [0.5, 0.6) is 0 Å². The van der Waals surface area contributed by atoms with E-state index in [0.29, 0.717) is 5.56 Å². The fraction of sp³-hybridized carbons (Fsp3) is 0. The van der Waals surface area contributed by atoms with E-state index < -0.39 is 0 Å². The second-order valence-corrected chi connectivity index (χ2v) is 5.27. The van der Waals surface area contributed by atoms with Crippen molar-refractivity contribution >= 4 is 33.6 Å². The third kappa shape index (κ3) is 3.52. The van der Waals surface area contributed by atoms with Crippen LogP contribution in [0.2, 0.25) is 0 Å². The van der Waals surface area contributed by atoms with Crippen LogP contribution < -0.4 is 4.72 Å². The van der Waals surface area contributed by atoms with Crippen LogP contribution in [-0.4, -0.2) is 0 Å². The van der Waals surface area contributed by atoms with E-state index in [9.17, 15) is 0 Å². The zero-order valence-corrected chi connectivity index (χ0v) is 11.4. The van der Waals surface area contributed by atoms with Crippen molar-refractivity contribution < 1.29 is 0 Å². The molecule has 0 heterocycles. The smallest absolute Gasteiger partial charge is 0.179 e. The van der Waals surface area contributed by atoms with Crippen LogP contribution in [0.1, 0.15) is 5.56 Å². The Bertz CT molecular complexity index is 529. The number of thiol groups is 1. The van der Waals surface area contributed by atoms with Gasteiger partial charge >= 0.3 is 0 Å². The molecule has 2 nitrogen and oxygen atoms in total. The molecule has 0 aliphatic carbocycles. The molecule has 0 fully saturated rings. The summed E-state index contributed by atoms with van der Waals surface area (Å²) in [6, 6.07) is 17.7. The van der Waals surface area contributed by atoms with Crippen LogP contribution in [-0.2, 0) is 11.9 Å². The van der Waals surface area contributed by atoms with Crippen LogP contribution in [0.3, 0.4) is 0 Å². The molecular formula is C13H10BrN2S+. The number of hydrogen-bond donors (Lipinski definition) is 1. The SMILES string of the molecule is N#Cc1ccc(N[SH+]c2ccc(Br)cc2)cc1. The molecule has 0 saturated carbocycles. The predicted octanol–water partition coefficient (Wildman–Crippen LogP) is 3.52. The number of nitrogens with one attached hydrogen (secondary N) is 1. The summed E-state index contributed by atoms with van der Waals surface area (Å²) >= 11 is 4.44. The maximum atomic E-state index is 8.69. The van der Waals surface area contributed by atoms with Crippen molar-refractivity contribution in [2.24, 2.45) is 0 Å². The highest BCUT2D eigenvalue weighted by Crippen LogP contribution is 2.14. The van der Waals surface area contributed by atoms with Crippen LogP contribution in [0.4, 0.5) is 5.69 Å². The van der Waals surface area contributed by atoms with Gasteiger partial charge in [0, 0.05) is 4.47 Å². The average Bonchev–Trinajstić information content (AvgIpc) is 2.39. The quantitative estimate of drug-likeness (QED) is 0.695. The summed E-state index contributed by atoms with van der Waals surface area (Å²) < 4.78 is 4.36. The molecule has 84 valence electrons. The monoisotopic (exact) mass is 305 g/mol. The third-order valence-electron chi connectivity index (χ3n) is 2.15. The van der Waals surface area contributed by atoms with E-state index in [4.69, 9.17) is 5.26 Å². The van der Waals surface area contributed by atoms with E-state index in [1.165, 1.54) is 4.90 Å². The van der Waals surface area contributed by atoms with Crippen molar-refractivity contribution in [2.75, 3.05) is 4.72 Å². The molecule has 0 spiro atoms. The Hall–Kier alpha value is -1.44. The van der Waals surface area contributed by atoms with Gasteiger partial charge in [0.2, 0.25) is 0 Å². The minimum atomic E-state index is 0.677. The molecule has 0 radical (unpaired) electrons. The first-order chi connectivity index (χ1) is 8.28. The molecule has 2 aromatic carbocycles. The first-order valence-corrected chi connectivity index (χ1v) is 6.69. The van der Waals surface area contributed by atoms with Gasteiger partial charge in [0.15, 0.2) is 4.90 Å². The molecule has 0 aliphatic rings. The lowest BCUT2D eigenvalue weighted by Crippen LogP contribution is -1.97. The fourth-order valence-corrected chi connectivity index (χ4v) is 2.23. The van der Waals surface area contributed by atoms with Crippen molar-refractivity contribution in [3.63, 3.8) is 0 Å². The number of anilines is 1. The fourth-order valence-electron chi connectivity index (χ4n) is 1.26. The minimum absolute atomic E-state index is 0.677. The molecule has 2 aromatic rings. The first kappa shape index (κ1) is 12.0. The summed E-state index contributed by atoms with van der Waals surface area (Å²) in [5.74, 6) is 0. The zero-order valence-electron chi connectivity index (χ0n) is 8.89. The highest BCUT2D eigenvalue weighted by molar-refractivity contribution is 9.10. The van der Waals surface area contributed by atoms with Crippen molar-refractivity contribution in [2.45, 2.75) is 4.90 Å². The standard InChI is InChI=1S/C13H9BrN2S/c14-11-3-7-13(8-4-11)17-16-12-5-1-10(9-15)2-6-12/h1-8,16H/p+1. The van der Waals surface area contributed by atoms with Gasteiger partial charge in [0.05, 0.1) is 17.3 Å². The van der Waals surface area contributed by atoms with Crippen LogP contribution in [0.25, 0.3) is 0 Å². The van der Waals surface area contributed by atoms with Crippen LogP contribution in [0, 0.1) is 11.3 Å². The number of rotatable bonds is 3. The molecule has 1 N–H and O–H groups in total. The lowest BCUT2D eigenvalue weighted by atomic mass is 10.2. The van der Waals surface area contributed by atoms with Gasteiger partial charge in [-0.25, -0.2) is 4.72 Å². The molecule has 0 saturated heterocycles. The Balaban J connectivity index is 1.98. The second kappa shape index (κ2) is 5.76. The van der Waals surface area contributed by atoms with Crippen molar-refractivity contribution in [1.82, 2.24) is 0 Å². The summed E-state index contributed by atoms with van der Waals surface area (Å²) in [5.41, 5.74) is 1.68. The van der Waals surface area contributed by atoms with E-state index in [2.05, 4.69) is 38.9 Å². The van der Waals surface area contributed by atoms with Gasteiger partial charge in [-0.05, 0) is 48.5 Å². The van der Waals surface area contributed by atoms with Gasteiger partial charge in [0.25, 0.3) is 0 Å². The summed E-state index contributed by atoms with van der Waals surface area (Å²) in [4.78, 5) is 1.19. The summed E-state index contributed by atoms with van der Waals surface area (Å²) in [6.45, 7) is 0. The van der Waals surface area contributed by atoms with E-state index in [1.807, 2.05) is 24.3 Å². The van der Waals surface area contributed by atoms with E-state index in [0.717, 1.165) is 22.1 Å². The highest BCUT2D eigenvalue weighted by Gasteiger charge is 2.03. The highest BCUT2D eigenvalue weighted by atomic mass is 79.9. The molecule has 0 aromatic heterocycles. The molecule has 0 unspecified atom stereocenters. The zero-order chi connectivity index (χ0) is 12.1. The Morgan fingerprint density at radius 1 is 1.00 bits per heavy atom. The molecular weight excluding hydrogens is 296 g/mol. The largest absolute Gasteiger partial charge is 0.204 e. The number of nitrogens with zero attached hydrogens (tertiary/aromatic N) is 1. The van der Waals surface area contributed by atoms with Gasteiger partial charge in [-0.3, -0.25) is 0 Å². The number of hydrogen-bond acceptors (Lipinski definition) is 2. The third-order valence-corrected chi connectivity index (χ3v) is 3.61. The van der Waals surface area contributed by atoms with Gasteiger partial charge in [-0.15, -0.1) is 0 Å². The molecule has 2 rings (SSSR count). The van der Waals surface area contributed by atoms with Crippen molar-refractivity contribution in [3.05, 3.63) is 58.6 Å². The van der Waals surface area contributed by atoms with Crippen molar-refractivity contribution in [1.29, 1.82) is 5.26 Å². The van der Waals surface area contributed by atoms with Gasteiger partial charge in [-0.2, -0.15) is 5.26 Å². The number of halogens is 1. The minimum Gasteiger partial charge on any atom is -0.204 e. The molecule has 0 aliphatic heterocycles. The topological polar surface area (TPSA) is 35.8 Å². The second-order valence-electron chi connectivity index (χ2n) is 3.39. The Labute approximate surface area is 113 Å². The summed E-state index contributed by atoms with van der Waals surface area (Å²) in [7, 11) is 0. The Morgan fingerprint density at radius 3 is 2.24 bits per heavy atom. The van der Waals surface area contributed by atoms with Gasteiger partial charge < -0.3 is 0 Å². The van der Waals surface area contributed by atoms with Crippen molar-refractivity contribution in [3.8, 4) is 6.07 Å². The maximum Gasteiger partial charge on any atom is 0.179 e. The van der Waals surface area contributed by atoms with E-state index >= 15 is 0 Å². The molecule has 4 heteroatoms. The maximum absolute atomic E-state index is 8.69. The number of benzene rings is 2. The van der Waals surface area contributed by atoms with Gasteiger partial charge in [0.1, 0.15) is 11.9 Å². The molecule has 17 heavy (non-hydrogen) atoms. The average molecular weight is 306 g/mol. The lowest BCUT2D eigenvalue weighted by molar-refractivity contribution is 1.44. The van der Waals surface area contributed by atoms with Gasteiger partial charge in [-0.1, -0.05) is 15.9 Å². The molecule has 0 amide bonds. The molecule has 0 atom stereocenters. The summed E-state index contributed by atoms with van der Waals surface area (Å²) in [5, 5.41) is 8.69.